The van der Waals surface area contributed by atoms with Crippen LogP contribution in [0, 0.1) is 5.82 Å². The summed E-state index contributed by atoms with van der Waals surface area (Å²) < 4.78 is 14.0. The van der Waals surface area contributed by atoms with Crippen molar-refractivity contribution in [3.05, 3.63) is 29.2 Å². The highest BCUT2D eigenvalue weighted by Crippen LogP contribution is 2.33. The first-order valence-corrected chi connectivity index (χ1v) is 8.39. The van der Waals surface area contributed by atoms with Crippen molar-refractivity contribution in [2.24, 2.45) is 5.73 Å². The number of aliphatic hydroxyl groups excluding tert-OH is 1. The predicted octanol–water partition coefficient (Wildman–Crippen LogP) is 2.55. The highest BCUT2D eigenvalue weighted by molar-refractivity contribution is 7.98. The van der Waals surface area contributed by atoms with E-state index in [-0.39, 0.29) is 29.8 Å². The van der Waals surface area contributed by atoms with Crippen molar-refractivity contribution in [2.75, 3.05) is 30.0 Å². The molecule has 24 heavy (non-hydrogen) atoms. The third-order valence-corrected chi connectivity index (χ3v) is 4.10. The minimum Gasteiger partial charge on any atom is -0.395 e. The molecule has 0 radical (unpaired) electrons. The highest BCUT2D eigenvalue weighted by Gasteiger charge is 2.15. The minimum atomic E-state index is -0.860. The molecule has 2 rings (SSSR count). The van der Waals surface area contributed by atoms with Gasteiger partial charge in [0.1, 0.15) is 16.8 Å². The number of urea groups is 1. The van der Waals surface area contributed by atoms with Gasteiger partial charge >= 0.3 is 6.03 Å². The molecule has 0 atom stereocenters. The maximum atomic E-state index is 14.0. The largest absolute Gasteiger partial charge is 0.395 e. The summed E-state index contributed by atoms with van der Waals surface area (Å²) in [6.45, 7) is 0.211. The summed E-state index contributed by atoms with van der Waals surface area (Å²) in [4.78, 5) is 19.9. The van der Waals surface area contributed by atoms with E-state index in [0.717, 1.165) is 0 Å². The summed E-state index contributed by atoms with van der Waals surface area (Å²) in [7, 11) is 0. The number of halogens is 2. The molecule has 0 saturated carbocycles. The Balaban J connectivity index is 2.42. The van der Waals surface area contributed by atoms with Gasteiger partial charge < -0.3 is 21.5 Å². The number of carbonyl (C=O) groups is 1. The maximum absolute atomic E-state index is 14.0. The van der Waals surface area contributed by atoms with Crippen molar-refractivity contribution < 1.29 is 14.3 Å². The van der Waals surface area contributed by atoms with Gasteiger partial charge in [0.25, 0.3) is 0 Å². The first-order valence-electron chi connectivity index (χ1n) is 6.79. The number of primary amides is 1. The van der Waals surface area contributed by atoms with Gasteiger partial charge in [-0.15, -0.1) is 11.8 Å². The summed E-state index contributed by atoms with van der Waals surface area (Å²) in [5, 5.41) is 14.3. The Kier molecular flexibility index (Phi) is 6.18. The standard InChI is InChI=1S/C14H15ClFN5O2S/c1-24-10-11(15)20-12(21-13(10)18-4-5-22)7-2-3-9(8(16)6-7)19-14(17)23/h2-3,6,22H,4-5H2,1H3,(H3,17,19,23)(H,18,20,21). The molecule has 2 amide bonds. The van der Waals surface area contributed by atoms with Gasteiger partial charge in [0.05, 0.1) is 17.2 Å². The molecule has 0 saturated heterocycles. The van der Waals surface area contributed by atoms with E-state index < -0.39 is 11.8 Å². The number of nitrogens with two attached hydrogens (primary N) is 1. The molecule has 0 spiro atoms. The Bertz CT molecular complexity index is 762. The van der Waals surface area contributed by atoms with Gasteiger partial charge in [-0.3, -0.25) is 0 Å². The number of aliphatic hydroxyl groups is 1. The van der Waals surface area contributed by atoms with E-state index in [4.69, 9.17) is 22.4 Å². The first-order chi connectivity index (χ1) is 11.5. The SMILES string of the molecule is CSc1c(Cl)nc(-c2ccc(NC(N)=O)c(F)c2)nc1NCCO. The van der Waals surface area contributed by atoms with Crippen LogP contribution in [0.1, 0.15) is 0 Å². The van der Waals surface area contributed by atoms with Crippen LogP contribution in [0.2, 0.25) is 5.15 Å². The summed E-state index contributed by atoms with van der Waals surface area (Å²) in [5.74, 6) is -0.0149. The molecule has 1 aromatic heterocycles. The average molecular weight is 372 g/mol. The fourth-order valence-electron chi connectivity index (χ4n) is 1.92. The Labute approximate surface area is 146 Å². The number of nitrogens with one attached hydrogen (secondary N) is 2. The van der Waals surface area contributed by atoms with Crippen molar-refractivity contribution in [1.29, 1.82) is 0 Å². The second-order valence-electron chi connectivity index (χ2n) is 4.55. The van der Waals surface area contributed by atoms with Gasteiger partial charge in [-0.25, -0.2) is 19.2 Å². The average Bonchev–Trinajstić information content (AvgIpc) is 2.54. The van der Waals surface area contributed by atoms with E-state index in [9.17, 15) is 9.18 Å². The van der Waals surface area contributed by atoms with Crippen molar-refractivity contribution in [1.82, 2.24) is 9.97 Å². The second kappa shape index (κ2) is 8.13. The van der Waals surface area contributed by atoms with Crippen molar-refractivity contribution in [2.45, 2.75) is 4.90 Å². The smallest absolute Gasteiger partial charge is 0.316 e. The molecule has 0 aliphatic carbocycles. The normalized spacial score (nSPS) is 10.5. The lowest BCUT2D eigenvalue weighted by atomic mass is 10.2. The highest BCUT2D eigenvalue weighted by atomic mass is 35.5. The minimum absolute atomic E-state index is 0.0447. The fourth-order valence-corrected chi connectivity index (χ4v) is 2.84. The molecule has 0 fully saturated rings. The molecule has 0 unspecified atom stereocenters. The number of thioether (sulfide) groups is 1. The Morgan fingerprint density at radius 1 is 1.46 bits per heavy atom. The van der Waals surface area contributed by atoms with Crippen LogP contribution in [0.4, 0.5) is 20.7 Å². The number of hydrogen-bond donors (Lipinski definition) is 4. The van der Waals surface area contributed by atoms with Crippen LogP contribution >= 0.6 is 23.4 Å². The van der Waals surface area contributed by atoms with Crippen LogP contribution in [-0.4, -0.2) is 40.5 Å². The van der Waals surface area contributed by atoms with Crippen molar-refractivity contribution in [3.63, 3.8) is 0 Å². The summed E-state index contributed by atoms with van der Waals surface area (Å²) in [6, 6.07) is 3.21. The molecule has 10 heteroatoms. The summed E-state index contributed by atoms with van der Waals surface area (Å²) >= 11 is 7.51. The van der Waals surface area contributed by atoms with Crippen LogP contribution < -0.4 is 16.4 Å². The molecule has 0 aliphatic heterocycles. The van der Waals surface area contributed by atoms with E-state index in [1.54, 1.807) is 0 Å². The maximum Gasteiger partial charge on any atom is 0.316 e. The molecule has 1 heterocycles. The quantitative estimate of drug-likeness (QED) is 0.458. The zero-order valence-corrected chi connectivity index (χ0v) is 14.2. The Morgan fingerprint density at radius 2 is 2.21 bits per heavy atom. The van der Waals surface area contributed by atoms with Crippen LogP contribution in [0.15, 0.2) is 23.1 Å². The van der Waals surface area contributed by atoms with E-state index >= 15 is 0 Å². The van der Waals surface area contributed by atoms with E-state index in [0.29, 0.717) is 16.3 Å². The Hall–Kier alpha value is -2.10. The third-order valence-electron chi connectivity index (χ3n) is 2.92. The van der Waals surface area contributed by atoms with Gasteiger partial charge in [0.15, 0.2) is 5.82 Å². The zero-order valence-electron chi connectivity index (χ0n) is 12.6. The Morgan fingerprint density at radius 3 is 2.79 bits per heavy atom. The number of nitrogens with zero attached hydrogens (tertiary/aromatic N) is 2. The molecule has 5 N–H and O–H groups in total. The van der Waals surface area contributed by atoms with Crippen LogP contribution in [0.25, 0.3) is 11.4 Å². The van der Waals surface area contributed by atoms with E-state index in [1.807, 2.05) is 6.26 Å². The molecule has 1 aromatic carbocycles. The number of amides is 2. The molecule has 128 valence electrons. The molecule has 0 aliphatic rings. The number of benzene rings is 1. The number of hydrogen-bond acceptors (Lipinski definition) is 6. The lowest BCUT2D eigenvalue weighted by Crippen LogP contribution is -2.20. The van der Waals surface area contributed by atoms with Crippen LogP contribution in [0.5, 0.6) is 0 Å². The van der Waals surface area contributed by atoms with Gasteiger partial charge in [-0.2, -0.15) is 0 Å². The summed E-state index contributed by atoms with van der Waals surface area (Å²) in [5.41, 5.74) is 5.30. The lowest BCUT2D eigenvalue weighted by molar-refractivity contribution is 0.259. The summed E-state index contributed by atoms with van der Waals surface area (Å²) in [6.07, 6.45) is 1.82. The number of rotatable bonds is 6. The van der Waals surface area contributed by atoms with Crippen molar-refractivity contribution in [3.8, 4) is 11.4 Å². The molecule has 2 aromatic rings. The monoisotopic (exact) mass is 371 g/mol. The number of anilines is 2. The number of carbonyl (C=O) groups excluding carboxylic acids is 1. The van der Waals surface area contributed by atoms with Gasteiger partial charge in [-0.05, 0) is 24.5 Å². The topological polar surface area (TPSA) is 113 Å². The molecule has 7 nitrogen and oxygen atoms in total. The van der Waals surface area contributed by atoms with Crippen LogP contribution in [0.3, 0.4) is 0 Å². The molecule has 0 bridgehead atoms. The van der Waals surface area contributed by atoms with E-state index in [1.165, 1.54) is 30.0 Å². The zero-order chi connectivity index (χ0) is 17.7. The van der Waals surface area contributed by atoms with Gasteiger partial charge in [0.2, 0.25) is 0 Å². The molecular weight excluding hydrogens is 357 g/mol. The van der Waals surface area contributed by atoms with Gasteiger partial charge in [-0.1, -0.05) is 11.6 Å². The first kappa shape index (κ1) is 18.2. The van der Waals surface area contributed by atoms with Crippen LogP contribution in [-0.2, 0) is 0 Å². The molecular formula is C14H15ClFN5O2S. The second-order valence-corrected chi connectivity index (χ2v) is 5.73. The number of aromatic nitrogens is 2. The van der Waals surface area contributed by atoms with Crippen molar-refractivity contribution >= 4 is 40.9 Å². The third kappa shape index (κ3) is 4.25. The van der Waals surface area contributed by atoms with E-state index in [2.05, 4.69) is 20.6 Å². The lowest BCUT2D eigenvalue weighted by Gasteiger charge is -2.12. The van der Waals surface area contributed by atoms with Gasteiger partial charge in [0, 0.05) is 12.1 Å². The predicted molar refractivity (Wildman–Crippen MR) is 93.0 cm³/mol. The fraction of sp³-hybridized carbons (Fsp3) is 0.214.